The van der Waals surface area contributed by atoms with Crippen molar-refractivity contribution >= 4 is 27.8 Å². The summed E-state index contributed by atoms with van der Waals surface area (Å²) < 4.78 is 30.4. The van der Waals surface area contributed by atoms with Crippen molar-refractivity contribution in [3.63, 3.8) is 0 Å². The van der Waals surface area contributed by atoms with Gasteiger partial charge in [-0.15, -0.1) is 11.3 Å². The van der Waals surface area contributed by atoms with Gasteiger partial charge in [-0.25, -0.2) is 13.6 Å². The maximum absolute atomic E-state index is 13.7. The van der Waals surface area contributed by atoms with E-state index in [0.717, 1.165) is 23.3 Å². The van der Waals surface area contributed by atoms with E-state index in [-0.39, 0.29) is 48.1 Å². The first-order valence-electron chi connectivity index (χ1n) is 10.4. The molecular formula is C21H28F2N4O2S. The first-order valence-corrected chi connectivity index (χ1v) is 11.2. The molecular weight excluding hydrogens is 410 g/mol. The van der Waals surface area contributed by atoms with Gasteiger partial charge in [-0.3, -0.25) is 13.9 Å². The van der Waals surface area contributed by atoms with Crippen molar-refractivity contribution in [2.75, 3.05) is 0 Å². The summed E-state index contributed by atoms with van der Waals surface area (Å²) in [6.45, 7) is 8.05. The zero-order valence-electron chi connectivity index (χ0n) is 17.8. The molecule has 0 spiro atoms. The van der Waals surface area contributed by atoms with Gasteiger partial charge in [0.05, 0.1) is 16.5 Å². The molecule has 9 heteroatoms. The largest absolute Gasteiger partial charge is 0.332 e. The lowest BCUT2D eigenvalue weighted by molar-refractivity contribution is 0.00434. The fourth-order valence-corrected chi connectivity index (χ4v) is 5.23. The molecule has 0 saturated heterocycles. The number of alkyl halides is 2. The van der Waals surface area contributed by atoms with Crippen LogP contribution in [0, 0.1) is 12.8 Å². The van der Waals surface area contributed by atoms with E-state index < -0.39 is 5.92 Å². The second-order valence-corrected chi connectivity index (χ2v) is 10.7. The molecule has 0 bridgehead atoms. The monoisotopic (exact) mass is 438 g/mol. The second kappa shape index (κ2) is 7.28. The fraction of sp³-hybridized carbons (Fsp3) is 0.667. The number of hydrazone groups is 1. The van der Waals surface area contributed by atoms with Crippen LogP contribution in [0.5, 0.6) is 0 Å². The van der Waals surface area contributed by atoms with Crippen molar-refractivity contribution in [2.24, 2.45) is 11.0 Å². The predicted molar refractivity (Wildman–Crippen MR) is 116 cm³/mol. The van der Waals surface area contributed by atoms with Gasteiger partial charge in [-0.1, -0.05) is 0 Å². The molecule has 2 fully saturated rings. The lowest BCUT2D eigenvalue weighted by atomic mass is 10.1. The minimum Gasteiger partial charge on any atom is -0.305 e. The third-order valence-corrected chi connectivity index (χ3v) is 6.97. The number of hydrogen-bond acceptors (Lipinski definition) is 5. The SMILES string of the molecule is Cc1c(C=NNC(C)(C)C)sc2c1c(=O)n(C1CC1)c(=O)n2CC1CCC(F)(F)C1. The maximum atomic E-state index is 13.7. The number of nitrogens with one attached hydrogen (secondary N) is 1. The second-order valence-electron chi connectivity index (χ2n) is 9.66. The van der Waals surface area contributed by atoms with Gasteiger partial charge < -0.3 is 5.43 Å². The smallest absolute Gasteiger partial charge is 0.305 e. The Labute approximate surface area is 177 Å². The molecule has 164 valence electrons. The summed E-state index contributed by atoms with van der Waals surface area (Å²) >= 11 is 1.33. The number of thiophene rings is 1. The molecule has 2 aromatic rings. The zero-order valence-corrected chi connectivity index (χ0v) is 18.6. The van der Waals surface area contributed by atoms with Gasteiger partial charge in [-0.2, -0.15) is 5.10 Å². The van der Waals surface area contributed by atoms with Gasteiger partial charge in [-0.05, 0) is 58.4 Å². The Hall–Kier alpha value is -2.03. The highest BCUT2D eigenvalue weighted by Gasteiger charge is 2.40. The molecule has 4 rings (SSSR count). The molecule has 30 heavy (non-hydrogen) atoms. The van der Waals surface area contributed by atoms with Crippen LogP contribution in [-0.2, 0) is 6.54 Å². The van der Waals surface area contributed by atoms with Crippen LogP contribution in [0.1, 0.15) is 69.4 Å². The van der Waals surface area contributed by atoms with Crippen LogP contribution in [0.15, 0.2) is 14.7 Å². The predicted octanol–water partition coefficient (Wildman–Crippen LogP) is 4.03. The Balaban J connectivity index is 1.82. The van der Waals surface area contributed by atoms with Crippen LogP contribution in [0.2, 0.25) is 0 Å². The summed E-state index contributed by atoms with van der Waals surface area (Å²) in [6, 6.07) is -0.0790. The van der Waals surface area contributed by atoms with Gasteiger partial charge in [0.15, 0.2) is 0 Å². The maximum Gasteiger partial charge on any atom is 0.332 e. The number of nitrogens with zero attached hydrogens (tertiary/aromatic N) is 3. The van der Waals surface area contributed by atoms with Crippen molar-refractivity contribution < 1.29 is 8.78 Å². The normalized spacial score (nSPS) is 21.7. The molecule has 2 saturated carbocycles. The fourth-order valence-electron chi connectivity index (χ4n) is 4.06. The summed E-state index contributed by atoms with van der Waals surface area (Å²) in [5, 5.41) is 4.79. The molecule has 0 amide bonds. The zero-order chi connectivity index (χ0) is 21.8. The molecule has 0 aromatic carbocycles. The average Bonchev–Trinajstić information content (AvgIpc) is 3.31. The molecule has 6 nitrogen and oxygen atoms in total. The van der Waals surface area contributed by atoms with Crippen LogP contribution in [0.25, 0.3) is 10.2 Å². The van der Waals surface area contributed by atoms with Crippen LogP contribution < -0.4 is 16.7 Å². The van der Waals surface area contributed by atoms with Crippen molar-refractivity contribution in [2.45, 2.75) is 83.8 Å². The number of rotatable bonds is 5. The van der Waals surface area contributed by atoms with Gasteiger partial charge >= 0.3 is 5.69 Å². The molecule has 0 radical (unpaired) electrons. The first-order chi connectivity index (χ1) is 14.0. The number of fused-ring (bicyclic) bond motifs is 1. The molecule has 2 heterocycles. The van der Waals surface area contributed by atoms with Crippen molar-refractivity contribution in [3.05, 3.63) is 31.3 Å². The molecule has 0 aliphatic heterocycles. The Morgan fingerprint density at radius 3 is 2.53 bits per heavy atom. The van der Waals surface area contributed by atoms with Gasteiger partial charge in [0.1, 0.15) is 4.83 Å². The Bertz CT molecular complexity index is 1120. The van der Waals surface area contributed by atoms with Gasteiger partial charge in [0.2, 0.25) is 5.92 Å². The topological polar surface area (TPSA) is 68.4 Å². The number of aryl methyl sites for hydroxylation is 1. The standard InChI is InChI=1S/C21H28F2N4O2S/c1-12-15(10-24-25-20(2,3)4)30-18-16(12)17(28)27(14-5-6-14)19(29)26(18)11-13-7-8-21(22,23)9-13/h10,13-14,25H,5-9,11H2,1-4H3. The third-order valence-electron chi connectivity index (χ3n) is 5.72. The van der Waals surface area contributed by atoms with Crippen molar-refractivity contribution in [3.8, 4) is 0 Å². The quantitative estimate of drug-likeness (QED) is 0.566. The molecule has 1 unspecified atom stereocenters. The molecule has 2 aliphatic carbocycles. The third kappa shape index (κ3) is 4.08. The van der Waals surface area contributed by atoms with E-state index in [1.807, 2.05) is 27.7 Å². The Morgan fingerprint density at radius 2 is 1.97 bits per heavy atom. The first kappa shape index (κ1) is 21.2. The van der Waals surface area contributed by atoms with Crippen LogP contribution in [-0.4, -0.2) is 26.8 Å². The Morgan fingerprint density at radius 1 is 1.27 bits per heavy atom. The molecule has 2 aromatic heterocycles. The van der Waals surface area contributed by atoms with Gasteiger partial charge in [0, 0.05) is 31.0 Å². The van der Waals surface area contributed by atoms with E-state index in [1.165, 1.54) is 15.9 Å². The lowest BCUT2D eigenvalue weighted by Gasteiger charge is -2.16. The van der Waals surface area contributed by atoms with Gasteiger partial charge in [0.25, 0.3) is 5.56 Å². The summed E-state index contributed by atoms with van der Waals surface area (Å²) in [5.41, 5.74) is 2.96. The summed E-state index contributed by atoms with van der Waals surface area (Å²) in [4.78, 5) is 27.7. The minimum atomic E-state index is -2.67. The van der Waals surface area contributed by atoms with Crippen LogP contribution in [0.4, 0.5) is 8.78 Å². The summed E-state index contributed by atoms with van der Waals surface area (Å²) in [6.07, 6.45) is 3.31. The number of aromatic nitrogens is 2. The lowest BCUT2D eigenvalue weighted by Crippen LogP contribution is -2.40. The highest BCUT2D eigenvalue weighted by atomic mass is 32.1. The molecule has 1 atom stereocenters. The highest BCUT2D eigenvalue weighted by Crippen LogP contribution is 2.40. The van der Waals surface area contributed by atoms with Crippen LogP contribution in [0.3, 0.4) is 0 Å². The number of hydrogen-bond donors (Lipinski definition) is 1. The average molecular weight is 439 g/mol. The van der Waals surface area contributed by atoms with E-state index in [0.29, 0.717) is 16.6 Å². The van der Waals surface area contributed by atoms with Crippen LogP contribution >= 0.6 is 11.3 Å². The minimum absolute atomic E-state index is 0.0790. The van der Waals surface area contributed by atoms with E-state index >= 15 is 0 Å². The van der Waals surface area contributed by atoms with E-state index in [1.54, 1.807) is 10.8 Å². The van der Waals surface area contributed by atoms with Crippen molar-refractivity contribution in [1.29, 1.82) is 0 Å². The van der Waals surface area contributed by atoms with Crippen molar-refractivity contribution in [1.82, 2.24) is 14.6 Å². The Kier molecular flexibility index (Phi) is 5.15. The van der Waals surface area contributed by atoms with E-state index in [4.69, 9.17) is 0 Å². The molecule has 2 aliphatic rings. The number of halogens is 2. The highest BCUT2D eigenvalue weighted by molar-refractivity contribution is 7.20. The summed E-state index contributed by atoms with van der Waals surface area (Å²) in [7, 11) is 0. The van der Waals surface area contributed by atoms with E-state index in [2.05, 4.69) is 10.5 Å². The van der Waals surface area contributed by atoms with E-state index in [9.17, 15) is 18.4 Å². The summed E-state index contributed by atoms with van der Waals surface area (Å²) in [5.74, 6) is -2.94. The molecule has 1 N–H and O–H groups in total.